The number of thioether (sulfide) groups is 1. The molecule has 0 N–H and O–H groups in total. The maximum Gasteiger partial charge on any atom is 0.325 e. The van der Waals surface area contributed by atoms with E-state index >= 15 is 0 Å². The first kappa shape index (κ1) is 16.6. The molecule has 0 unspecified atom stereocenters. The smallest absolute Gasteiger partial charge is 0.325 e. The molecule has 1 fully saturated rings. The Balaban J connectivity index is 1.77. The van der Waals surface area contributed by atoms with Crippen LogP contribution in [-0.2, 0) is 20.1 Å². The van der Waals surface area contributed by atoms with Crippen molar-refractivity contribution >= 4 is 46.6 Å². The van der Waals surface area contributed by atoms with Gasteiger partial charge in [-0.2, -0.15) is 0 Å². The van der Waals surface area contributed by atoms with Gasteiger partial charge in [0, 0.05) is 16.7 Å². The van der Waals surface area contributed by atoms with Crippen molar-refractivity contribution in [1.82, 2.24) is 4.90 Å². The number of carbonyl (C=O) groups is 2. The van der Waals surface area contributed by atoms with Crippen LogP contribution in [0.15, 0.2) is 12.1 Å². The number of esters is 1. The zero-order valence-electron chi connectivity index (χ0n) is 11.8. The van der Waals surface area contributed by atoms with Gasteiger partial charge in [-0.25, -0.2) is 0 Å². The Kier molecular flexibility index (Phi) is 6.39. The standard InChI is InChI=1S/C14H18ClNO3S2/c1-2-19-14(18)7-16(10-3-4-10)13(17)9-20-8-11-5-6-12(15)21-11/h5-6,10H,2-4,7-9H2,1H3. The van der Waals surface area contributed by atoms with E-state index in [2.05, 4.69) is 0 Å². The number of ether oxygens (including phenoxy) is 1. The van der Waals surface area contributed by atoms with Gasteiger partial charge in [0.15, 0.2) is 0 Å². The molecular weight excluding hydrogens is 330 g/mol. The van der Waals surface area contributed by atoms with Crippen LogP contribution in [0.1, 0.15) is 24.6 Å². The number of hydrogen-bond acceptors (Lipinski definition) is 5. The van der Waals surface area contributed by atoms with Gasteiger partial charge in [-0.15, -0.1) is 23.1 Å². The maximum absolute atomic E-state index is 12.2. The molecule has 0 aromatic carbocycles. The third-order valence-electron chi connectivity index (χ3n) is 3.01. The van der Waals surface area contributed by atoms with Crippen molar-refractivity contribution in [3.63, 3.8) is 0 Å². The van der Waals surface area contributed by atoms with Gasteiger partial charge in [0.05, 0.1) is 16.7 Å². The predicted molar refractivity (Wildman–Crippen MR) is 86.9 cm³/mol. The summed E-state index contributed by atoms with van der Waals surface area (Å²) in [5.41, 5.74) is 0. The minimum atomic E-state index is -0.326. The summed E-state index contributed by atoms with van der Waals surface area (Å²) in [5.74, 6) is 0.831. The van der Waals surface area contributed by atoms with Crippen LogP contribution in [0.5, 0.6) is 0 Å². The van der Waals surface area contributed by atoms with Crippen molar-refractivity contribution in [2.45, 2.75) is 31.6 Å². The van der Waals surface area contributed by atoms with E-state index in [-0.39, 0.29) is 24.5 Å². The first-order valence-corrected chi connectivity index (χ1v) is 9.22. The largest absolute Gasteiger partial charge is 0.465 e. The molecule has 0 atom stereocenters. The van der Waals surface area contributed by atoms with Crippen LogP contribution >= 0.6 is 34.7 Å². The minimum Gasteiger partial charge on any atom is -0.465 e. The summed E-state index contributed by atoms with van der Waals surface area (Å²) in [6, 6.07) is 4.06. The monoisotopic (exact) mass is 347 g/mol. The third kappa shape index (κ3) is 5.52. The highest BCUT2D eigenvalue weighted by atomic mass is 35.5. The van der Waals surface area contributed by atoms with Gasteiger partial charge in [0.1, 0.15) is 6.54 Å². The van der Waals surface area contributed by atoms with Crippen LogP contribution in [-0.4, -0.2) is 41.7 Å². The lowest BCUT2D eigenvalue weighted by molar-refractivity contribution is -0.148. The van der Waals surface area contributed by atoms with Crippen molar-refractivity contribution in [3.05, 3.63) is 21.3 Å². The Hall–Kier alpha value is -0.720. The SMILES string of the molecule is CCOC(=O)CN(C(=O)CSCc1ccc(Cl)s1)C1CC1. The molecule has 21 heavy (non-hydrogen) atoms. The van der Waals surface area contributed by atoms with E-state index < -0.39 is 0 Å². The summed E-state index contributed by atoms with van der Waals surface area (Å²) < 4.78 is 5.69. The fourth-order valence-electron chi connectivity index (χ4n) is 1.90. The second kappa shape index (κ2) is 8.06. The van der Waals surface area contributed by atoms with E-state index in [9.17, 15) is 9.59 Å². The second-order valence-corrected chi connectivity index (χ2v) is 7.54. The predicted octanol–water partition coefficient (Wildman–Crippen LogP) is 3.19. The van der Waals surface area contributed by atoms with Crippen molar-refractivity contribution in [3.8, 4) is 0 Å². The van der Waals surface area contributed by atoms with E-state index in [4.69, 9.17) is 16.3 Å². The van der Waals surface area contributed by atoms with Crippen LogP contribution in [0.2, 0.25) is 4.34 Å². The van der Waals surface area contributed by atoms with E-state index in [1.807, 2.05) is 12.1 Å². The third-order valence-corrected chi connectivity index (χ3v) is 5.39. The second-order valence-electron chi connectivity index (χ2n) is 4.76. The van der Waals surface area contributed by atoms with E-state index in [0.29, 0.717) is 12.4 Å². The van der Waals surface area contributed by atoms with Gasteiger partial charge in [0.2, 0.25) is 5.91 Å². The van der Waals surface area contributed by atoms with E-state index in [0.717, 1.165) is 27.8 Å². The van der Waals surface area contributed by atoms with Gasteiger partial charge in [-0.05, 0) is 31.9 Å². The molecule has 2 rings (SSSR count). The lowest BCUT2D eigenvalue weighted by Gasteiger charge is -2.21. The molecule has 116 valence electrons. The lowest BCUT2D eigenvalue weighted by atomic mass is 10.4. The number of hydrogen-bond donors (Lipinski definition) is 0. The van der Waals surface area contributed by atoms with Crippen molar-refractivity contribution in [1.29, 1.82) is 0 Å². The van der Waals surface area contributed by atoms with Crippen LogP contribution in [0, 0.1) is 0 Å². The summed E-state index contributed by atoms with van der Waals surface area (Å²) in [6.07, 6.45) is 1.96. The Bertz CT molecular complexity index is 502. The summed E-state index contributed by atoms with van der Waals surface area (Å²) in [5, 5.41) is 0. The van der Waals surface area contributed by atoms with Crippen LogP contribution < -0.4 is 0 Å². The number of amides is 1. The zero-order chi connectivity index (χ0) is 15.2. The Morgan fingerprint density at radius 1 is 1.48 bits per heavy atom. The average Bonchev–Trinajstić information content (AvgIpc) is 3.19. The first-order valence-electron chi connectivity index (χ1n) is 6.87. The highest BCUT2D eigenvalue weighted by molar-refractivity contribution is 7.99. The molecule has 1 heterocycles. The highest BCUT2D eigenvalue weighted by Gasteiger charge is 2.33. The first-order chi connectivity index (χ1) is 10.1. The van der Waals surface area contributed by atoms with Crippen LogP contribution in [0.4, 0.5) is 0 Å². The van der Waals surface area contributed by atoms with Gasteiger partial charge < -0.3 is 9.64 Å². The van der Waals surface area contributed by atoms with Crippen LogP contribution in [0.25, 0.3) is 0 Å². The highest BCUT2D eigenvalue weighted by Crippen LogP contribution is 2.28. The maximum atomic E-state index is 12.2. The molecule has 4 nitrogen and oxygen atoms in total. The zero-order valence-corrected chi connectivity index (χ0v) is 14.2. The fraction of sp³-hybridized carbons (Fsp3) is 0.571. The molecule has 7 heteroatoms. The van der Waals surface area contributed by atoms with Gasteiger partial charge in [-0.3, -0.25) is 9.59 Å². The molecule has 1 amide bonds. The van der Waals surface area contributed by atoms with Gasteiger partial charge in [0.25, 0.3) is 0 Å². The van der Waals surface area contributed by atoms with E-state index in [1.54, 1.807) is 23.6 Å². The Morgan fingerprint density at radius 3 is 2.81 bits per heavy atom. The number of thiophene rings is 1. The van der Waals surface area contributed by atoms with E-state index in [1.165, 1.54) is 11.3 Å². The molecule has 1 aliphatic carbocycles. The molecule has 1 aromatic heterocycles. The summed E-state index contributed by atoms with van der Waals surface area (Å²) in [7, 11) is 0. The minimum absolute atomic E-state index is 0.0122. The average molecular weight is 348 g/mol. The van der Waals surface area contributed by atoms with Crippen molar-refractivity contribution in [2.75, 3.05) is 18.9 Å². The summed E-state index contributed by atoms with van der Waals surface area (Å²) >= 11 is 8.95. The van der Waals surface area contributed by atoms with Crippen molar-refractivity contribution < 1.29 is 14.3 Å². The molecule has 0 saturated heterocycles. The van der Waals surface area contributed by atoms with Gasteiger partial charge >= 0.3 is 5.97 Å². The number of nitrogens with zero attached hydrogens (tertiary/aromatic N) is 1. The summed E-state index contributed by atoms with van der Waals surface area (Å²) in [6.45, 7) is 2.19. The molecule has 1 saturated carbocycles. The van der Waals surface area contributed by atoms with Crippen LogP contribution in [0.3, 0.4) is 0 Å². The normalized spacial score (nSPS) is 14.0. The number of halogens is 1. The van der Waals surface area contributed by atoms with Gasteiger partial charge in [-0.1, -0.05) is 11.6 Å². The molecular formula is C14H18ClNO3S2. The fourth-order valence-corrected chi connectivity index (χ4v) is 4.01. The Morgan fingerprint density at radius 2 is 2.24 bits per heavy atom. The topological polar surface area (TPSA) is 46.6 Å². The molecule has 1 aliphatic rings. The molecule has 1 aromatic rings. The molecule has 0 aliphatic heterocycles. The lowest BCUT2D eigenvalue weighted by Crippen LogP contribution is -2.39. The summed E-state index contributed by atoms with van der Waals surface area (Å²) in [4.78, 5) is 26.6. The number of carbonyl (C=O) groups excluding carboxylic acids is 2. The quantitative estimate of drug-likeness (QED) is 0.677. The Labute approximate surface area is 137 Å². The molecule has 0 bridgehead atoms. The molecule has 0 radical (unpaired) electrons. The molecule has 0 spiro atoms. The number of rotatable bonds is 8. The van der Waals surface area contributed by atoms with Crippen molar-refractivity contribution in [2.24, 2.45) is 0 Å².